The Bertz CT molecular complexity index is 3720. The zero-order valence-electron chi connectivity index (χ0n) is 28.7. The predicted octanol–water partition coefficient (Wildman–Crippen LogP) is 12.3. The number of rotatable bonds is 5. The van der Waals surface area contributed by atoms with E-state index in [2.05, 4.69) is 74.5 Å². The van der Waals surface area contributed by atoms with Gasteiger partial charge in [0.25, 0.3) is 0 Å². The van der Waals surface area contributed by atoms with Gasteiger partial charge in [-0.25, -0.2) is 0 Å². The van der Waals surface area contributed by atoms with E-state index in [4.69, 9.17) is 0 Å². The Balaban J connectivity index is 1.24. The molecule has 0 amide bonds. The van der Waals surface area contributed by atoms with Crippen LogP contribution in [-0.4, -0.2) is 0 Å². The molecule has 0 aliphatic heterocycles. The zero-order chi connectivity index (χ0) is 32.1. The molecule has 7 aliphatic rings. The van der Waals surface area contributed by atoms with Gasteiger partial charge >= 0.3 is 0 Å². The Morgan fingerprint density at radius 2 is 1.25 bits per heavy atom. The van der Waals surface area contributed by atoms with Crippen LogP contribution in [0.3, 0.4) is 0 Å². The van der Waals surface area contributed by atoms with Crippen molar-refractivity contribution in [1.29, 1.82) is 0 Å². The number of hydrogen-bond donors (Lipinski definition) is 0. The lowest BCUT2D eigenvalue weighted by molar-refractivity contribution is 0.498. The van der Waals surface area contributed by atoms with Gasteiger partial charge in [-0.15, -0.1) is 0 Å². The maximum atomic E-state index is 3.02. The summed E-state index contributed by atoms with van der Waals surface area (Å²) >= 11 is 0. The standard InChI is InChI=1S/C51H30/c1-3-4-8-17-49(20-9-6-5-7-10-20)50-18-27-25-14-13-23-21-11-12-22-24-15-16-26-28-19(2)51(49,50)48-45(28)39-34(26)32(24)37-30(22)29(21)36-31(23)33(25)38-35(27)47(50)46(48)44-42(38)40(36)41(37)43(39)44/h5-7,9-12,15-16,18,23,25H,3-4,8,13-14,17H2,1-2H3. The van der Waals surface area contributed by atoms with Crippen LogP contribution < -0.4 is 5.22 Å². The fourth-order valence-corrected chi connectivity index (χ4v) is 17.3. The van der Waals surface area contributed by atoms with Gasteiger partial charge in [-0.2, -0.15) is 0 Å². The van der Waals surface area contributed by atoms with Crippen LogP contribution in [0.5, 0.6) is 0 Å². The largest absolute Gasteiger partial charge is 0.0673 e. The molecule has 0 nitrogen and oxygen atoms in total. The van der Waals surface area contributed by atoms with E-state index in [0.717, 1.165) is 0 Å². The van der Waals surface area contributed by atoms with Crippen LogP contribution in [0.25, 0.3) is 108 Å². The van der Waals surface area contributed by atoms with Gasteiger partial charge in [0.2, 0.25) is 0 Å². The highest BCUT2D eigenvalue weighted by Gasteiger charge is 2.92. The van der Waals surface area contributed by atoms with Crippen LogP contribution in [0.15, 0.2) is 60.7 Å². The van der Waals surface area contributed by atoms with E-state index >= 15 is 0 Å². The third-order valence-corrected chi connectivity index (χ3v) is 17.9. The number of hydrogen-bond acceptors (Lipinski definition) is 0. The van der Waals surface area contributed by atoms with Gasteiger partial charge in [0.05, 0.1) is 0 Å². The Hall–Kier alpha value is -4.94. The summed E-state index contributed by atoms with van der Waals surface area (Å²) in [5.74, 6) is 1.11. The average Bonchev–Trinajstić information content (AvgIpc) is 3.93. The molecule has 11 aromatic rings. The maximum Gasteiger partial charge on any atom is 0.0430 e. The summed E-state index contributed by atoms with van der Waals surface area (Å²) in [4.78, 5) is 0. The molecule has 0 N–H and O–H groups in total. The zero-order valence-corrected chi connectivity index (χ0v) is 28.7. The second-order valence-corrected chi connectivity index (χ2v) is 18.5. The van der Waals surface area contributed by atoms with Crippen molar-refractivity contribution < 1.29 is 0 Å². The molecule has 7 aliphatic carbocycles. The summed E-state index contributed by atoms with van der Waals surface area (Å²) in [7, 11) is 0. The van der Waals surface area contributed by atoms with Gasteiger partial charge < -0.3 is 0 Å². The van der Waals surface area contributed by atoms with Gasteiger partial charge in [-0.3, -0.25) is 0 Å². The lowest BCUT2D eigenvalue weighted by atomic mass is 9.72. The summed E-state index contributed by atoms with van der Waals surface area (Å²) < 4.78 is 0. The minimum absolute atomic E-state index is 0.00715. The van der Waals surface area contributed by atoms with Crippen molar-refractivity contribution in [3.05, 3.63) is 105 Å². The first-order valence-corrected chi connectivity index (χ1v) is 20.1. The fourth-order valence-electron chi connectivity index (χ4n) is 17.3. The van der Waals surface area contributed by atoms with Gasteiger partial charge in [-0.1, -0.05) is 92.4 Å². The minimum atomic E-state index is 0.00715. The summed E-state index contributed by atoms with van der Waals surface area (Å²) in [5.41, 5.74) is 15.7. The second-order valence-electron chi connectivity index (χ2n) is 18.5. The number of fused-ring (bicyclic) bond motifs is 4. The quantitative estimate of drug-likeness (QED) is 0.129. The predicted molar refractivity (Wildman–Crippen MR) is 213 cm³/mol. The van der Waals surface area contributed by atoms with Crippen molar-refractivity contribution >= 4 is 108 Å². The summed E-state index contributed by atoms with van der Waals surface area (Å²) in [6.07, 6.45) is 10.8. The number of benzene rings is 8. The van der Waals surface area contributed by atoms with E-state index in [-0.39, 0.29) is 16.2 Å². The van der Waals surface area contributed by atoms with E-state index in [1.165, 1.54) is 49.3 Å². The minimum Gasteiger partial charge on any atom is -0.0673 e. The summed E-state index contributed by atoms with van der Waals surface area (Å²) in [6.45, 7) is 5.02. The Morgan fingerprint density at radius 3 is 2.12 bits per heavy atom. The molecule has 0 heteroatoms. The molecule has 1 saturated carbocycles. The van der Waals surface area contributed by atoms with Crippen LogP contribution in [0.4, 0.5) is 0 Å². The van der Waals surface area contributed by atoms with E-state index < -0.39 is 0 Å². The molecule has 11 aromatic carbocycles. The van der Waals surface area contributed by atoms with E-state index in [1.54, 1.807) is 141 Å². The molecule has 5 atom stereocenters. The third-order valence-electron chi connectivity index (χ3n) is 17.9. The highest BCUT2D eigenvalue weighted by atomic mass is 14.9. The molecule has 51 heavy (non-hydrogen) atoms. The Morgan fingerprint density at radius 1 is 0.588 bits per heavy atom. The summed E-state index contributed by atoms with van der Waals surface area (Å²) in [5, 5.41) is 31.2. The molecular weight excluding hydrogens is 613 g/mol. The van der Waals surface area contributed by atoms with E-state index in [0.29, 0.717) is 11.8 Å². The molecule has 2 spiro atoms. The van der Waals surface area contributed by atoms with Crippen LogP contribution in [0, 0.1) is 0 Å². The average molecular weight is 643 g/mol. The van der Waals surface area contributed by atoms with Crippen molar-refractivity contribution in [1.82, 2.24) is 0 Å². The first kappa shape index (κ1) is 23.5. The molecule has 0 heterocycles. The van der Waals surface area contributed by atoms with Crippen molar-refractivity contribution in [3.63, 3.8) is 0 Å². The van der Waals surface area contributed by atoms with Crippen molar-refractivity contribution in [2.45, 2.75) is 80.5 Å². The molecule has 0 saturated heterocycles. The summed E-state index contributed by atoms with van der Waals surface area (Å²) in [6, 6.07) is 22.3. The van der Waals surface area contributed by atoms with Gasteiger partial charge in [0.15, 0.2) is 0 Å². The Labute approximate surface area is 292 Å². The highest BCUT2D eigenvalue weighted by molar-refractivity contribution is 6.61. The van der Waals surface area contributed by atoms with Crippen molar-refractivity contribution in [3.8, 4) is 0 Å². The van der Waals surface area contributed by atoms with Gasteiger partial charge in [-0.05, 0) is 173 Å². The monoisotopic (exact) mass is 642 g/mol. The topological polar surface area (TPSA) is 0 Å². The first-order valence-electron chi connectivity index (χ1n) is 20.1. The SMILES string of the molecule is CCCCCC1(c2ccccc2)C23C=C4c5c2c2c6c7c(c8ccc9c%10ccc%11c%12c%13c%14c(c5c5c2c2c7c8c9c(c%10%12)c2c%135)C4CCC%11%14)=C(C)C631. The molecule has 5 unspecified atom stereocenters. The second kappa shape index (κ2) is 6.17. The molecular formula is C51H30. The Kier molecular flexibility index (Phi) is 2.85. The van der Waals surface area contributed by atoms with Crippen LogP contribution in [-0.2, 0) is 16.2 Å². The molecule has 1 fully saturated rings. The van der Waals surface area contributed by atoms with E-state index in [1.807, 2.05) is 0 Å². The van der Waals surface area contributed by atoms with Gasteiger partial charge in [0, 0.05) is 28.1 Å². The van der Waals surface area contributed by atoms with E-state index in [9.17, 15) is 0 Å². The normalized spacial score (nSPS) is 29.8. The number of unbranched alkanes of at least 4 members (excludes halogenated alkanes) is 2. The molecule has 18 rings (SSSR count). The lowest BCUT2D eigenvalue weighted by Crippen LogP contribution is -2.24. The highest BCUT2D eigenvalue weighted by Crippen LogP contribution is 2.93. The van der Waals surface area contributed by atoms with Crippen LogP contribution >= 0.6 is 0 Å². The molecule has 0 radical (unpaired) electrons. The van der Waals surface area contributed by atoms with Crippen molar-refractivity contribution in [2.24, 2.45) is 0 Å². The lowest BCUT2D eigenvalue weighted by Gasteiger charge is -2.30. The smallest absolute Gasteiger partial charge is 0.0430 e. The third kappa shape index (κ3) is 1.58. The van der Waals surface area contributed by atoms with Crippen molar-refractivity contribution in [2.75, 3.05) is 0 Å². The molecule has 0 bridgehead atoms. The van der Waals surface area contributed by atoms with Crippen LogP contribution in [0.1, 0.15) is 103 Å². The molecule has 0 aromatic heterocycles. The maximum absolute atomic E-state index is 3.02. The number of allylic oxidation sites excluding steroid dienone is 2. The van der Waals surface area contributed by atoms with Gasteiger partial charge in [0.1, 0.15) is 0 Å². The van der Waals surface area contributed by atoms with Crippen LogP contribution in [0.2, 0.25) is 0 Å². The fraction of sp³-hybridized carbons (Fsp3) is 0.255. The molecule has 234 valence electrons. The first-order chi connectivity index (χ1) is 25.2.